The van der Waals surface area contributed by atoms with Gasteiger partial charge in [-0.05, 0) is 20.8 Å². The van der Waals surface area contributed by atoms with E-state index < -0.39 is 69.6 Å². The second-order valence-electron chi connectivity index (χ2n) is 20.2. The fraction of sp³-hybridized carbons (Fsp3) is 0.560. The summed E-state index contributed by atoms with van der Waals surface area (Å²) in [5, 5.41) is 10.0. The largest absolute Gasteiger partial charge is 0.463 e. The molecule has 0 aliphatic carbocycles. The Bertz CT molecular complexity index is 2290. The number of rotatable bonds is 24. The highest BCUT2D eigenvalue weighted by atomic mass is 79.9. The number of alkyl halides is 2. The van der Waals surface area contributed by atoms with Crippen molar-refractivity contribution in [2.24, 2.45) is 16.2 Å². The van der Waals surface area contributed by atoms with E-state index in [1.54, 1.807) is 46.3 Å². The van der Waals surface area contributed by atoms with E-state index in [0.29, 0.717) is 30.4 Å². The average molecular weight is 1180 g/mol. The smallest absolute Gasteiger partial charge is 0.311 e. The molecule has 0 spiro atoms. The predicted octanol–water partition coefficient (Wildman–Crippen LogP) is 2.57. The van der Waals surface area contributed by atoms with Crippen LogP contribution in [0.4, 0.5) is 0 Å². The summed E-state index contributed by atoms with van der Waals surface area (Å²) in [5.41, 5.74) is 0.186. The number of carbonyl (C=O) groups excluding carboxylic acids is 12. The van der Waals surface area contributed by atoms with E-state index in [4.69, 9.17) is 14.2 Å². The SMILES string of the molecule is CC(C)(C)C(=O)CCC(=O)N(CCN1C(=O)C=CC1=O)CCN1C(=O)C=CC1=O.CC(C)(C)C(=O)COC(CN1C(=O)C=CC1=O)CN1C(=O)C=CC1=O.CC(C)(C)C(=O)OCCOCCn1nc(CBr)c(CBr)n1. The first-order valence-corrected chi connectivity index (χ1v) is 26.1. The Hall–Kier alpha value is -6.18. The summed E-state index contributed by atoms with van der Waals surface area (Å²) in [6.45, 7) is 17.2. The molecule has 0 aromatic carbocycles. The molecule has 0 saturated heterocycles. The van der Waals surface area contributed by atoms with Gasteiger partial charge in [-0.1, -0.05) is 73.4 Å². The van der Waals surface area contributed by atoms with Crippen LogP contribution in [0.25, 0.3) is 0 Å². The highest BCUT2D eigenvalue weighted by molar-refractivity contribution is 9.09. The third-order valence-corrected chi connectivity index (χ3v) is 12.2. The predicted molar refractivity (Wildman–Crippen MR) is 274 cm³/mol. The summed E-state index contributed by atoms with van der Waals surface area (Å²) >= 11 is 6.76. The first-order chi connectivity index (χ1) is 35.0. The third kappa shape index (κ3) is 20.1. The second kappa shape index (κ2) is 28.6. The van der Waals surface area contributed by atoms with E-state index in [1.807, 2.05) is 20.8 Å². The molecule has 9 amide bonds. The molecular weight excluding hydrogens is 1110 g/mol. The van der Waals surface area contributed by atoms with E-state index in [2.05, 4.69) is 42.1 Å². The van der Waals surface area contributed by atoms with Gasteiger partial charge in [0.25, 0.3) is 47.3 Å². The van der Waals surface area contributed by atoms with Crippen LogP contribution >= 0.6 is 31.9 Å². The van der Waals surface area contributed by atoms with Gasteiger partial charge in [-0.15, -0.1) is 0 Å². The molecular formula is C50H66Br2N8O15. The van der Waals surface area contributed by atoms with Crippen LogP contribution in [0.2, 0.25) is 0 Å². The maximum atomic E-state index is 12.7. The number of hydrogen-bond donors (Lipinski definition) is 0. The van der Waals surface area contributed by atoms with Gasteiger partial charge in [0.05, 0.1) is 55.8 Å². The number of carbonyl (C=O) groups is 12. The van der Waals surface area contributed by atoms with Crippen LogP contribution < -0.4 is 0 Å². The highest BCUT2D eigenvalue weighted by Crippen LogP contribution is 2.20. The van der Waals surface area contributed by atoms with E-state index in [0.717, 1.165) is 79.6 Å². The molecule has 5 heterocycles. The first-order valence-electron chi connectivity index (χ1n) is 23.9. The molecule has 0 radical (unpaired) electrons. The molecule has 75 heavy (non-hydrogen) atoms. The van der Waals surface area contributed by atoms with Gasteiger partial charge in [0.1, 0.15) is 19.0 Å². The summed E-state index contributed by atoms with van der Waals surface area (Å²) in [6, 6.07) is 0. The minimum atomic E-state index is -0.855. The number of esters is 1. The fourth-order valence-corrected chi connectivity index (χ4v) is 7.32. The fourth-order valence-electron chi connectivity index (χ4n) is 6.44. The number of amides is 9. The lowest BCUT2D eigenvalue weighted by molar-refractivity contribution is -0.154. The Morgan fingerprint density at radius 3 is 1.27 bits per heavy atom. The number of hydrogen-bond acceptors (Lipinski definition) is 17. The van der Waals surface area contributed by atoms with Crippen LogP contribution in [0, 0.1) is 16.2 Å². The van der Waals surface area contributed by atoms with Crippen LogP contribution in [-0.2, 0) is 88.9 Å². The van der Waals surface area contributed by atoms with E-state index in [1.165, 1.54) is 4.90 Å². The minimum absolute atomic E-state index is 0.0102. The Balaban J connectivity index is 0.000000301. The number of ether oxygens (including phenoxy) is 3. The second-order valence-corrected chi connectivity index (χ2v) is 21.3. The molecule has 1 aromatic rings. The van der Waals surface area contributed by atoms with Crippen molar-refractivity contribution in [3.8, 4) is 0 Å². The standard InChI is InChI=1S/C20H25N3O6.C17H20N2O6.C13H21Br2N3O3/c1-20(2,3)14(24)4-5-15(25)21(10-12-22-16(26)6-7-17(22)27)11-13-23-18(28)8-9-19(23)29;1-17(2,3)12(20)10-25-11(8-18-13(21)4-5-14(18)22)9-19-15(23)6-7-16(19)24;1-13(2,3)12(19)21-7-6-20-5-4-18-16-10(8-14)11(9-15)17-18/h6-9H,4-5,10-13H2,1-3H3;4-7,11H,8-10H2,1-3H3;4-9H2,1-3H3. The maximum absolute atomic E-state index is 12.7. The van der Waals surface area contributed by atoms with E-state index in [9.17, 15) is 57.5 Å². The van der Waals surface area contributed by atoms with Crippen LogP contribution in [-0.4, -0.2) is 182 Å². The molecule has 0 unspecified atom stereocenters. The van der Waals surface area contributed by atoms with Crippen molar-refractivity contribution in [3.63, 3.8) is 0 Å². The van der Waals surface area contributed by atoms with Gasteiger partial charge >= 0.3 is 5.97 Å². The molecule has 0 fully saturated rings. The van der Waals surface area contributed by atoms with Crippen LogP contribution in [0.1, 0.15) is 86.5 Å². The summed E-state index contributed by atoms with van der Waals surface area (Å²) in [6.07, 6.45) is 8.33. The summed E-state index contributed by atoms with van der Waals surface area (Å²) in [5.74, 6) is -4.64. The lowest BCUT2D eigenvalue weighted by Gasteiger charge is -2.27. The number of nitrogens with zero attached hydrogens (tertiary/aromatic N) is 8. The molecule has 4 aliphatic heterocycles. The minimum Gasteiger partial charge on any atom is -0.463 e. The van der Waals surface area contributed by atoms with Gasteiger partial charge in [0.15, 0.2) is 5.78 Å². The van der Waals surface area contributed by atoms with Crippen molar-refractivity contribution in [2.45, 2.75) is 98.5 Å². The van der Waals surface area contributed by atoms with E-state index in [-0.39, 0.29) is 88.8 Å². The van der Waals surface area contributed by atoms with Gasteiger partial charge in [-0.25, -0.2) is 0 Å². The molecule has 0 saturated carbocycles. The Morgan fingerprint density at radius 2 is 0.907 bits per heavy atom. The number of halogens is 2. The highest BCUT2D eigenvalue weighted by Gasteiger charge is 2.34. The van der Waals surface area contributed by atoms with Crippen LogP contribution in [0.3, 0.4) is 0 Å². The summed E-state index contributed by atoms with van der Waals surface area (Å²) < 4.78 is 16.1. The lowest BCUT2D eigenvalue weighted by Crippen LogP contribution is -2.46. The summed E-state index contributed by atoms with van der Waals surface area (Å²) in [7, 11) is 0. The lowest BCUT2D eigenvalue weighted by atomic mass is 9.88. The quantitative estimate of drug-likeness (QED) is 0.0622. The topological polar surface area (TPSA) is 279 Å². The number of ketones is 2. The Kier molecular flexibility index (Phi) is 24.1. The number of Topliss-reactive ketones (excluding diaryl/α,β-unsaturated/α-hetero) is 2. The van der Waals surface area contributed by atoms with Crippen molar-refractivity contribution in [2.75, 3.05) is 65.7 Å². The van der Waals surface area contributed by atoms with E-state index >= 15 is 0 Å². The molecule has 0 bridgehead atoms. The first kappa shape index (κ1) is 63.1. The van der Waals surface area contributed by atoms with Gasteiger partial charge < -0.3 is 19.1 Å². The van der Waals surface area contributed by atoms with Gasteiger partial charge in [0.2, 0.25) is 5.91 Å². The van der Waals surface area contributed by atoms with Crippen molar-refractivity contribution in [3.05, 3.63) is 60.0 Å². The van der Waals surface area contributed by atoms with Gasteiger partial charge in [-0.2, -0.15) is 15.0 Å². The van der Waals surface area contributed by atoms with Crippen LogP contribution in [0.5, 0.6) is 0 Å². The molecule has 1 aromatic heterocycles. The maximum Gasteiger partial charge on any atom is 0.311 e. The zero-order valence-electron chi connectivity index (χ0n) is 43.8. The number of aromatic nitrogens is 3. The summed E-state index contributed by atoms with van der Waals surface area (Å²) in [4.78, 5) is 149. The molecule has 4 aliphatic rings. The zero-order valence-corrected chi connectivity index (χ0v) is 46.9. The monoisotopic (exact) mass is 1180 g/mol. The van der Waals surface area contributed by atoms with Crippen LogP contribution in [0.15, 0.2) is 48.6 Å². The third-order valence-electron chi connectivity index (χ3n) is 11.2. The average Bonchev–Trinajstić information content (AvgIpc) is 4.15. The Labute approximate surface area is 452 Å². The van der Waals surface area contributed by atoms with Gasteiger partial charge in [0, 0.05) is 109 Å². The molecule has 0 atom stereocenters. The van der Waals surface area contributed by atoms with Crippen molar-refractivity contribution < 1.29 is 71.7 Å². The zero-order chi connectivity index (χ0) is 56.4. The molecule has 410 valence electrons. The van der Waals surface area contributed by atoms with Gasteiger partial charge in [-0.3, -0.25) is 77.1 Å². The normalized spacial score (nSPS) is 15.5. The van der Waals surface area contributed by atoms with Crippen molar-refractivity contribution >= 4 is 103 Å². The Morgan fingerprint density at radius 1 is 0.520 bits per heavy atom. The molecule has 5 rings (SSSR count). The molecule has 23 nitrogen and oxygen atoms in total. The molecule has 25 heteroatoms. The van der Waals surface area contributed by atoms with Crippen molar-refractivity contribution in [1.29, 1.82) is 0 Å². The number of imide groups is 4. The van der Waals surface area contributed by atoms with Crippen molar-refractivity contribution in [1.82, 2.24) is 39.5 Å². The molecule has 0 N–H and O–H groups in total.